The smallest absolute Gasteiger partial charge is 0.243 e. The molecule has 0 saturated carbocycles. The first-order valence-electron chi connectivity index (χ1n) is 10.8. The highest BCUT2D eigenvalue weighted by atomic mass is 32.2. The Balaban J connectivity index is 1.18. The van der Waals surface area contributed by atoms with Crippen molar-refractivity contribution in [1.82, 2.24) is 29.0 Å². The average molecular weight is 456 g/mol. The van der Waals surface area contributed by atoms with Crippen LogP contribution in [0.1, 0.15) is 18.4 Å². The summed E-state index contributed by atoms with van der Waals surface area (Å²) < 4.78 is 28.5. The molecule has 0 aliphatic carbocycles. The predicted octanol–water partition coefficient (Wildman–Crippen LogP) is 0.800. The van der Waals surface area contributed by atoms with Crippen molar-refractivity contribution in [1.29, 1.82) is 0 Å². The molecule has 5 rings (SSSR count). The minimum absolute atomic E-state index is 0.0435. The van der Waals surface area contributed by atoms with Crippen LogP contribution in [0.4, 0.5) is 5.82 Å². The van der Waals surface area contributed by atoms with Crippen molar-refractivity contribution in [3.8, 4) is 0 Å². The van der Waals surface area contributed by atoms with Crippen LogP contribution in [0.5, 0.6) is 0 Å². The Morgan fingerprint density at radius 2 is 1.62 bits per heavy atom. The fourth-order valence-electron chi connectivity index (χ4n) is 4.22. The number of hydrogen-bond donors (Lipinski definition) is 0. The molecule has 2 aliphatic rings. The van der Waals surface area contributed by atoms with Crippen molar-refractivity contribution in [2.75, 3.05) is 44.2 Å². The van der Waals surface area contributed by atoms with Crippen molar-refractivity contribution < 1.29 is 13.2 Å². The standard InChI is InChI=1S/C21H25N7O3S/c29-21(15-17-3-5-18(6-4-17)32(30,31)27-9-1-2-10-27)26-13-11-25(12-14-26)20-8-7-19-23-22-16-28(19)24-20/h3-8,16H,1-2,9-15H2. The van der Waals surface area contributed by atoms with E-state index in [-0.39, 0.29) is 12.3 Å². The lowest BCUT2D eigenvalue weighted by Crippen LogP contribution is -2.49. The molecule has 3 aromatic rings. The molecule has 0 unspecified atom stereocenters. The first kappa shape index (κ1) is 20.8. The fourth-order valence-corrected chi connectivity index (χ4v) is 5.73. The van der Waals surface area contributed by atoms with Gasteiger partial charge in [-0.25, -0.2) is 8.42 Å². The number of sulfonamides is 1. The molecule has 2 aromatic heterocycles. The van der Waals surface area contributed by atoms with Gasteiger partial charge < -0.3 is 9.80 Å². The van der Waals surface area contributed by atoms with Gasteiger partial charge in [0.05, 0.1) is 11.3 Å². The van der Waals surface area contributed by atoms with Gasteiger partial charge >= 0.3 is 0 Å². The van der Waals surface area contributed by atoms with E-state index in [1.54, 1.807) is 35.1 Å². The number of fused-ring (bicyclic) bond motifs is 1. The van der Waals surface area contributed by atoms with Crippen molar-refractivity contribution >= 4 is 27.4 Å². The number of carbonyl (C=O) groups is 1. The van der Waals surface area contributed by atoms with Gasteiger partial charge in [0.2, 0.25) is 15.9 Å². The van der Waals surface area contributed by atoms with Crippen LogP contribution in [0.25, 0.3) is 5.65 Å². The van der Waals surface area contributed by atoms with E-state index in [9.17, 15) is 13.2 Å². The molecule has 10 nitrogen and oxygen atoms in total. The summed E-state index contributed by atoms with van der Waals surface area (Å²) in [6.45, 7) is 3.78. The summed E-state index contributed by atoms with van der Waals surface area (Å²) in [6, 6.07) is 10.5. The Morgan fingerprint density at radius 3 is 2.34 bits per heavy atom. The molecule has 0 bridgehead atoms. The second-order valence-corrected chi connectivity index (χ2v) is 10.1. The molecule has 11 heteroatoms. The van der Waals surface area contributed by atoms with Gasteiger partial charge in [-0.05, 0) is 42.7 Å². The third-order valence-corrected chi connectivity index (χ3v) is 8.00. The quantitative estimate of drug-likeness (QED) is 0.560. The van der Waals surface area contributed by atoms with Crippen LogP contribution in [-0.2, 0) is 21.2 Å². The molecule has 32 heavy (non-hydrogen) atoms. The van der Waals surface area contributed by atoms with Crippen molar-refractivity contribution in [3.63, 3.8) is 0 Å². The summed E-state index contributed by atoms with van der Waals surface area (Å²) in [4.78, 5) is 17.1. The van der Waals surface area contributed by atoms with E-state index < -0.39 is 10.0 Å². The lowest BCUT2D eigenvalue weighted by molar-refractivity contribution is -0.130. The van der Waals surface area contributed by atoms with Gasteiger partial charge in [-0.2, -0.15) is 8.82 Å². The van der Waals surface area contributed by atoms with Crippen molar-refractivity contribution in [2.45, 2.75) is 24.2 Å². The van der Waals surface area contributed by atoms with Crippen LogP contribution < -0.4 is 4.90 Å². The second-order valence-electron chi connectivity index (χ2n) is 8.12. The first-order valence-corrected chi connectivity index (χ1v) is 12.2. The maximum Gasteiger partial charge on any atom is 0.243 e. The van der Waals surface area contributed by atoms with Gasteiger partial charge in [-0.3, -0.25) is 4.79 Å². The van der Waals surface area contributed by atoms with Crippen LogP contribution in [0.2, 0.25) is 0 Å². The molecule has 2 aliphatic heterocycles. The lowest BCUT2D eigenvalue weighted by Gasteiger charge is -2.35. The Labute approximate surface area is 186 Å². The van der Waals surface area contributed by atoms with Crippen LogP contribution in [0.3, 0.4) is 0 Å². The minimum atomic E-state index is -3.43. The summed E-state index contributed by atoms with van der Waals surface area (Å²) in [7, 11) is -3.43. The molecule has 0 spiro atoms. The van der Waals surface area contributed by atoms with Gasteiger partial charge in [-0.15, -0.1) is 15.3 Å². The molecule has 2 fully saturated rings. The number of anilines is 1. The van der Waals surface area contributed by atoms with Gasteiger partial charge in [0.15, 0.2) is 5.65 Å². The molecule has 168 valence electrons. The predicted molar refractivity (Wildman–Crippen MR) is 118 cm³/mol. The molecule has 2 saturated heterocycles. The highest BCUT2D eigenvalue weighted by Crippen LogP contribution is 2.21. The van der Waals surface area contributed by atoms with E-state index in [0.29, 0.717) is 49.8 Å². The first-order chi connectivity index (χ1) is 15.5. The lowest BCUT2D eigenvalue weighted by atomic mass is 10.1. The topological polar surface area (TPSA) is 104 Å². The minimum Gasteiger partial charge on any atom is -0.352 e. The normalized spacial score (nSPS) is 17.9. The molecular formula is C21H25N7O3S. The number of amides is 1. The number of nitrogens with zero attached hydrogens (tertiary/aromatic N) is 7. The highest BCUT2D eigenvalue weighted by Gasteiger charge is 2.27. The molecule has 0 atom stereocenters. The molecule has 1 aromatic carbocycles. The molecular weight excluding hydrogens is 430 g/mol. The zero-order valence-corrected chi connectivity index (χ0v) is 18.5. The van der Waals surface area contributed by atoms with E-state index >= 15 is 0 Å². The second kappa shape index (κ2) is 8.47. The van der Waals surface area contributed by atoms with E-state index in [2.05, 4.69) is 20.2 Å². The van der Waals surface area contributed by atoms with Crippen molar-refractivity contribution in [3.05, 3.63) is 48.3 Å². The Bertz CT molecular complexity index is 1210. The Morgan fingerprint density at radius 1 is 0.906 bits per heavy atom. The summed E-state index contributed by atoms with van der Waals surface area (Å²) in [5.74, 6) is 0.876. The largest absolute Gasteiger partial charge is 0.352 e. The van der Waals surface area contributed by atoms with E-state index in [0.717, 1.165) is 24.2 Å². The summed E-state index contributed by atoms with van der Waals surface area (Å²) in [6.07, 6.45) is 3.64. The van der Waals surface area contributed by atoms with E-state index in [1.807, 2.05) is 17.0 Å². The van der Waals surface area contributed by atoms with Crippen LogP contribution in [0.15, 0.2) is 47.6 Å². The summed E-state index contributed by atoms with van der Waals surface area (Å²) in [5, 5.41) is 12.3. The third-order valence-electron chi connectivity index (χ3n) is 6.09. The highest BCUT2D eigenvalue weighted by molar-refractivity contribution is 7.89. The van der Waals surface area contributed by atoms with Crippen LogP contribution >= 0.6 is 0 Å². The molecule has 0 radical (unpaired) electrons. The summed E-state index contributed by atoms with van der Waals surface area (Å²) in [5.41, 5.74) is 1.51. The molecule has 1 amide bonds. The van der Waals surface area contributed by atoms with Gasteiger partial charge in [0, 0.05) is 39.3 Å². The average Bonchev–Trinajstić information content (AvgIpc) is 3.51. The number of carbonyl (C=O) groups excluding carboxylic acids is 1. The zero-order chi connectivity index (χ0) is 22.1. The number of benzene rings is 1. The third kappa shape index (κ3) is 4.05. The number of rotatable bonds is 5. The SMILES string of the molecule is O=C(Cc1ccc(S(=O)(=O)N2CCCC2)cc1)N1CCN(c2ccc3nncn3n2)CC1. The Hall–Kier alpha value is -3.05. The van der Waals surface area contributed by atoms with E-state index in [1.165, 1.54) is 4.31 Å². The zero-order valence-electron chi connectivity index (χ0n) is 17.7. The van der Waals surface area contributed by atoms with Crippen molar-refractivity contribution in [2.24, 2.45) is 0 Å². The molecule has 0 N–H and O–H groups in total. The number of hydrogen-bond acceptors (Lipinski definition) is 7. The monoisotopic (exact) mass is 455 g/mol. The van der Waals surface area contributed by atoms with E-state index in [4.69, 9.17) is 0 Å². The number of piperazine rings is 1. The number of aromatic nitrogens is 4. The summed E-state index contributed by atoms with van der Waals surface area (Å²) >= 11 is 0. The fraction of sp³-hybridized carbons (Fsp3) is 0.429. The van der Waals surface area contributed by atoms with Gasteiger partial charge in [-0.1, -0.05) is 12.1 Å². The maximum absolute atomic E-state index is 12.8. The van der Waals surface area contributed by atoms with Gasteiger partial charge in [0.25, 0.3) is 0 Å². The van der Waals surface area contributed by atoms with Crippen LogP contribution in [-0.4, -0.2) is 82.6 Å². The molecule has 4 heterocycles. The Kier molecular flexibility index (Phi) is 5.51. The van der Waals surface area contributed by atoms with Gasteiger partial charge in [0.1, 0.15) is 12.1 Å². The van der Waals surface area contributed by atoms with Crippen LogP contribution in [0, 0.1) is 0 Å². The maximum atomic E-state index is 12.8.